The summed E-state index contributed by atoms with van der Waals surface area (Å²) in [6, 6.07) is 18.6. The molecule has 0 radical (unpaired) electrons. The maximum Gasteiger partial charge on any atom is 0.273 e. The Morgan fingerprint density at radius 2 is 1.49 bits per heavy atom. The van der Waals surface area contributed by atoms with E-state index in [4.69, 9.17) is 20.9 Å². The molecule has 5 N–H and O–H groups in total. The fraction of sp³-hybridized carbons (Fsp3) is 0.200. The molecule has 3 amide bonds. The lowest BCUT2D eigenvalue weighted by atomic mass is 10.0. The number of carbonyl (C=O) groups is 3. The highest BCUT2D eigenvalue weighted by Crippen LogP contribution is 2.34. The van der Waals surface area contributed by atoms with Crippen LogP contribution in [0.25, 0.3) is 0 Å². The van der Waals surface area contributed by atoms with E-state index >= 15 is 0 Å². The van der Waals surface area contributed by atoms with Gasteiger partial charge in [0.1, 0.15) is 22.4 Å². The molecular formula is C30H31N5O5S. The Labute approximate surface area is 242 Å². The minimum Gasteiger partial charge on any atom is -0.497 e. The Hall–Kier alpha value is -4.90. The van der Waals surface area contributed by atoms with Gasteiger partial charge >= 0.3 is 0 Å². The molecule has 1 aromatic heterocycles. The van der Waals surface area contributed by atoms with Crippen molar-refractivity contribution in [3.8, 4) is 11.5 Å². The van der Waals surface area contributed by atoms with Gasteiger partial charge in [-0.3, -0.25) is 19.3 Å². The molecule has 1 heterocycles. The molecule has 0 bridgehead atoms. The molecule has 0 aliphatic rings. The number of nitrogen functional groups attached to an aromatic ring is 1. The van der Waals surface area contributed by atoms with Crippen LogP contribution in [0, 0.1) is 13.8 Å². The number of ether oxygens (including phenoxy) is 2. The van der Waals surface area contributed by atoms with Crippen LogP contribution >= 0.6 is 11.5 Å². The minimum absolute atomic E-state index is 0.000532. The number of hydrogen-bond donors (Lipinski definition) is 3. The maximum atomic E-state index is 14.3. The van der Waals surface area contributed by atoms with Crippen LogP contribution in [-0.2, 0) is 11.3 Å². The molecule has 3 aromatic carbocycles. The molecule has 0 spiro atoms. The first-order valence-corrected chi connectivity index (χ1v) is 13.4. The number of nitrogens with two attached hydrogens (primary N) is 2. The molecule has 0 fully saturated rings. The third-order valence-corrected chi connectivity index (χ3v) is 7.27. The number of amides is 3. The molecule has 4 aromatic rings. The quantitative estimate of drug-likeness (QED) is 0.258. The maximum absolute atomic E-state index is 14.3. The van der Waals surface area contributed by atoms with Gasteiger partial charge in [-0.2, -0.15) is 4.37 Å². The second-order valence-corrected chi connectivity index (χ2v) is 10.2. The van der Waals surface area contributed by atoms with E-state index in [1.54, 1.807) is 50.6 Å². The largest absolute Gasteiger partial charge is 0.497 e. The third-order valence-electron chi connectivity index (χ3n) is 6.42. The van der Waals surface area contributed by atoms with E-state index in [2.05, 4.69) is 9.69 Å². The van der Waals surface area contributed by atoms with Gasteiger partial charge in [-0.15, -0.1) is 0 Å². The van der Waals surface area contributed by atoms with Crippen molar-refractivity contribution >= 4 is 40.6 Å². The second kappa shape index (κ2) is 12.5. The number of methoxy groups -OCH3 is 2. The molecule has 4 rings (SSSR count). The van der Waals surface area contributed by atoms with Gasteiger partial charge in [-0.25, -0.2) is 0 Å². The Kier molecular flexibility index (Phi) is 8.88. The first-order chi connectivity index (χ1) is 19.6. The van der Waals surface area contributed by atoms with Gasteiger partial charge < -0.3 is 26.3 Å². The van der Waals surface area contributed by atoms with Crippen LogP contribution < -0.4 is 31.2 Å². The Morgan fingerprint density at radius 1 is 0.927 bits per heavy atom. The Balaban J connectivity index is 1.83. The Morgan fingerprint density at radius 3 is 2.00 bits per heavy atom. The van der Waals surface area contributed by atoms with E-state index in [1.807, 2.05) is 44.2 Å². The van der Waals surface area contributed by atoms with E-state index in [1.165, 1.54) is 4.90 Å². The van der Waals surface area contributed by atoms with Gasteiger partial charge in [0, 0.05) is 12.2 Å². The lowest BCUT2D eigenvalue weighted by molar-refractivity contribution is -0.122. The first kappa shape index (κ1) is 29.1. The average Bonchev–Trinajstić information content (AvgIpc) is 3.35. The number of rotatable bonds is 10. The fourth-order valence-electron chi connectivity index (χ4n) is 4.44. The molecule has 0 unspecified atom stereocenters. The highest BCUT2D eigenvalue weighted by atomic mass is 32.1. The lowest BCUT2D eigenvalue weighted by Crippen LogP contribution is -2.44. The first-order valence-electron chi connectivity index (χ1n) is 12.6. The van der Waals surface area contributed by atoms with Crippen LogP contribution in [0.2, 0.25) is 0 Å². The minimum atomic E-state index is -1.12. The predicted molar refractivity (Wildman–Crippen MR) is 158 cm³/mol. The van der Waals surface area contributed by atoms with Crippen LogP contribution in [0.15, 0.2) is 66.7 Å². The van der Waals surface area contributed by atoms with Crippen molar-refractivity contribution in [3.63, 3.8) is 0 Å². The molecule has 41 heavy (non-hydrogen) atoms. The third kappa shape index (κ3) is 6.47. The number of aromatic nitrogens is 1. The molecule has 11 heteroatoms. The van der Waals surface area contributed by atoms with Crippen LogP contribution in [0.5, 0.6) is 11.5 Å². The second-order valence-electron chi connectivity index (χ2n) is 9.40. The van der Waals surface area contributed by atoms with Gasteiger partial charge in [0.2, 0.25) is 5.91 Å². The van der Waals surface area contributed by atoms with Crippen molar-refractivity contribution in [1.29, 1.82) is 0 Å². The predicted octanol–water partition coefficient (Wildman–Crippen LogP) is 4.16. The van der Waals surface area contributed by atoms with Gasteiger partial charge in [0.25, 0.3) is 11.8 Å². The van der Waals surface area contributed by atoms with E-state index < -0.39 is 23.8 Å². The van der Waals surface area contributed by atoms with Gasteiger partial charge in [0.15, 0.2) is 5.69 Å². The smallest absolute Gasteiger partial charge is 0.273 e. The molecule has 0 saturated heterocycles. The number of aryl methyl sites for hydroxylation is 2. The number of primary amides is 1. The highest BCUT2D eigenvalue weighted by molar-refractivity contribution is 7.09. The molecule has 1 atom stereocenters. The van der Waals surface area contributed by atoms with E-state index in [-0.39, 0.29) is 22.8 Å². The van der Waals surface area contributed by atoms with Crippen molar-refractivity contribution in [3.05, 3.63) is 99.6 Å². The summed E-state index contributed by atoms with van der Waals surface area (Å²) in [6.07, 6.45) is 0. The van der Waals surface area contributed by atoms with Crippen molar-refractivity contribution < 1.29 is 23.9 Å². The number of anilines is 2. The number of benzene rings is 3. The summed E-state index contributed by atoms with van der Waals surface area (Å²) in [6.45, 7) is 4.01. The average molecular weight is 574 g/mol. The van der Waals surface area contributed by atoms with Crippen molar-refractivity contribution in [2.75, 3.05) is 24.9 Å². The topological polar surface area (TPSA) is 150 Å². The van der Waals surface area contributed by atoms with Gasteiger partial charge in [-0.05, 0) is 84.0 Å². The SMILES string of the molecule is COc1ccc(CNC(=O)[C@H](c2ccc(OC)cc2)N(C(=O)c2snc(C(N)=O)c2N)c2cc(C)cc(C)c2)cc1. The van der Waals surface area contributed by atoms with Crippen LogP contribution in [0.4, 0.5) is 11.4 Å². The van der Waals surface area contributed by atoms with Crippen LogP contribution in [-0.4, -0.2) is 36.3 Å². The molecule has 0 aliphatic heterocycles. The summed E-state index contributed by atoms with van der Waals surface area (Å²) in [5, 5.41) is 2.96. The zero-order valence-corrected chi connectivity index (χ0v) is 24.0. The van der Waals surface area contributed by atoms with Gasteiger partial charge in [0.05, 0.1) is 19.9 Å². The summed E-state index contributed by atoms with van der Waals surface area (Å²) >= 11 is 0.757. The highest BCUT2D eigenvalue weighted by Gasteiger charge is 2.36. The standard InChI is InChI=1S/C30H31N5O5S/c1-17-13-18(2)15-21(14-17)35(30(38)27-24(31)25(28(32)36)34-41-27)26(20-7-11-23(40-4)12-8-20)29(37)33-16-19-5-9-22(39-3)10-6-19/h5-15,26H,16,31H2,1-4H3,(H2,32,36)(H,33,37)/t26-/m0/s1. The summed E-state index contributed by atoms with van der Waals surface area (Å²) in [5.74, 6) is -0.595. The van der Waals surface area contributed by atoms with Gasteiger partial charge in [-0.1, -0.05) is 30.3 Å². The lowest BCUT2D eigenvalue weighted by Gasteiger charge is -2.32. The van der Waals surface area contributed by atoms with E-state index in [9.17, 15) is 14.4 Å². The number of carbonyl (C=O) groups excluding carboxylic acids is 3. The normalized spacial score (nSPS) is 11.4. The van der Waals surface area contributed by atoms with Crippen molar-refractivity contribution in [1.82, 2.24) is 9.69 Å². The molecular weight excluding hydrogens is 542 g/mol. The summed E-state index contributed by atoms with van der Waals surface area (Å²) in [7, 11) is 3.12. The summed E-state index contributed by atoms with van der Waals surface area (Å²) in [4.78, 5) is 41.5. The number of nitrogens with one attached hydrogen (secondary N) is 1. The monoisotopic (exact) mass is 573 g/mol. The summed E-state index contributed by atoms with van der Waals surface area (Å²) < 4.78 is 14.5. The summed E-state index contributed by atoms with van der Waals surface area (Å²) in [5.41, 5.74) is 14.9. The van der Waals surface area contributed by atoms with E-state index in [0.29, 0.717) is 22.7 Å². The van der Waals surface area contributed by atoms with E-state index in [0.717, 1.165) is 28.2 Å². The molecule has 0 saturated carbocycles. The fourth-order valence-corrected chi connectivity index (χ4v) is 5.19. The molecule has 212 valence electrons. The Bertz CT molecular complexity index is 1550. The number of hydrogen-bond acceptors (Lipinski definition) is 8. The van der Waals surface area contributed by atoms with Crippen molar-refractivity contribution in [2.24, 2.45) is 5.73 Å². The zero-order chi connectivity index (χ0) is 29.7. The zero-order valence-electron chi connectivity index (χ0n) is 23.1. The van der Waals surface area contributed by atoms with Crippen LogP contribution in [0.1, 0.15) is 48.5 Å². The molecule has 10 nitrogen and oxygen atoms in total. The molecule has 0 aliphatic carbocycles. The van der Waals surface area contributed by atoms with Crippen LogP contribution in [0.3, 0.4) is 0 Å². The number of nitrogens with zero attached hydrogens (tertiary/aromatic N) is 2. The van der Waals surface area contributed by atoms with Crippen molar-refractivity contribution in [2.45, 2.75) is 26.4 Å².